The quantitative estimate of drug-likeness (QED) is 0.227. The Morgan fingerprint density at radius 2 is 1.54 bits per heavy atom. The van der Waals surface area contributed by atoms with Crippen molar-refractivity contribution in [3.8, 4) is 0 Å². The van der Waals surface area contributed by atoms with Crippen LogP contribution in [0.1, 0.15) is 32.8 Å². The van der Waals surface area contributed by atoms with Gasteiger partial charge in [0.2, 0.25) is 15.9 Å². The fourth-order valence-corrected chi connectivity index (χ4v) is 5.30. The second-order valence-electron chi connectivity index (χ2n) is 10.2. The first kappa shape index (κ1) is 29.8. The summed E-state index contributed by atoms with van der Waals surface area (Å²) in [7, 11) is -4.03. The number of benzene rings is 3. The minimum absolute atomic E-state index is 0.0174. The molecule has 216 valence electrons. The number of carbonyl (C=O) groups excluding carboxylic acids is 3. The van der Waals surface area contributed by atoms with Crippen LogP contribution < -0.4 is 15.4 Å². The molecule has 0 aliphatic carbocycles. The van der Waals surface area contributed by atoms with Crippen LogP contribution in [0.3, 0.4) is 0 Å². The Morgan fingerprint density at radius 3 is 2.27 bits per heavy atom. The Bertz CT molecular complexity index is 1650. The average molecular weight is 580 g/mol. The minimum Gasteiger partial charge on any atom is -0.456 e. The fourth-order valence-electron chi connectivity index (χ4n) is 4.28. The first-order chi connectivity index (χ1) is 19.5. The van der Waals surface area contributed by atoms with E-state index in [1.165, 1.54) is 19.1 Å². The number of Topliss-reactive ketones (excluding diaryl/α,β-unsaturated/α-hetero) is 1. The molecule has 2 amide bonds. The third-order valence-electron chi connectivity index (χ3n) is 6.47. The van der Waals surface area contributed by atoms with Gasteiger partial charge in [0, 0.05) is 10.8 Å². The van der Waals surface area contributed by atoms with Crippen molar-refractivity contribution in [2.24, 2.45) is 5.92 Å². The van der Waals surface area contributed by atoms with Gasteiger partial charge in [-0.05, 0) is 49.1 Å². The van der Waals surface area contributed by atoms with Crippen molar-refractivity contribution in [1.82, 2.24) is 15.4 Å². The van der Waals surface area contributed by atoms with Crippen molar-refractivity contribution in [2.45, 2.75) is 50.8 Å². The number of fused-ring (bicyclic) bond motifs is 3. The Kier molecular flexibility index (Phi) is 9.41. The number of ketones is 1. The summed E-state index contributed by atoms with van der Waals surface area (Å²) < 4.78 is 39.2. The van der Waals surface area contributed by atoms with Crippen molar-refractivity contribution >= 4 is 49.7 Å². The summed E-state index contributed by atoms with van der Waals surface area (Å²) in [5.41, 5.74) is 1.98. The summed E-state index contributed by atoms with van der Waals surface area (Å²) >= 11 is 0. The van der Waals surface area contributed by atoms with Crippen molar-refractivity contribution in [3.63, 3.8) is 0 Å². The molecule has 1 unspecified atom stereocenters. The number of sulfonamides is 1. The van der Waals surface area contributed by atoms with Crippen LogP contribution in [0.15, 0.2) is 82.1 Å². The Hall–Kier alpha value is -4.22. The van der Waals surface area contributed by atoms with Crippen LogP contribution >= 0.6 is 0 Å². The van der Waals surface area contributed by atoms with Gasteiger partial charge in [-0.3, -0.25) is 9.59 Å². The van der Waals surface area contributed by atoms with E-state index in [1.807, 2.05) is 62.4 Å². The van der Waals surface area contributed by atoms with E-state index in [9.17, 15) is 22.8 Å². The van der Waals surface area contributed by atoms with Crippen molar-refractivity contribution in [1.29, 1.82) is 0 Å². The van der Waals surface area contributed by atoms with Gasteiger partial charge in [0.15, 0.2) is 5.78 Å². The van der Waals surface area contributed by atoms with Crippen molar-refractivity contribution in [2.75, 3.05) is 6.54 Å². The summed E-state index contributed by atoms with van der Waals surface area (Å²) in [5.74, 6) is -1.06. The smallest absolute Gasteiger partial charge is 0.408 e. The van der Waals surface area contributed by atoms with E-state index in [0.29, 0.717) is 23.0 Å². The Morgan fingerprint density at radius 1 is 0.854 bits per heavy atom. The number of alkyl carbamates (subject to hydrolysis) is 1. The second-order valence-corrected chi connectivity index (χ2v) is 11.9. The highest BCUT2D eigenvalue weighted by molar-refractivity contribution is 7.89. The first-order valence-corrected chi connectivity index (χ1v) is 14.7. The lowest BCUT2D eigenvalue weighted by molar-refractivity contribution is -0.128. The number of hydrogen-bond acceptors (Lipinski definition) is 7. The molecule has 0 bridgehead atoms. The lowest BCUT2D eigenvalue weighted by Crippen LogP contribution is -2.52. The van der Waals surface area contributed by atoms with Crippen LogP contribution in [0.25, 0.3) is 21.9 Å². The molecular formula is C30H33N3O7S. The van der Waals surface area contributed by atoms with Gasteiger partial charge < -0.3 is 19.8 Å². The molecule has 4 aromatic rings. The van der Waals surface area contributed by atoms with Gasteiger partial charge in [0.25, 0.3) is 0 Å². The molecule has 0 spiro atoms. The van der Waals surface area contributed by atoms with E-state index in [0.717, 1.165) is 10.9 Å². The maximum Gasteiger partial charge on any atom is 0.408 e. The van der Waals surface area contributed by atoms with Gasteiger partial charge in [0.1, 0.15) is 23.8 Å². The van der Waals surface area contributed by atoms with E-state index < -0.39 is 46.4 Å². The van der Waals surface area contributed by atoms with Crippen LogP contribution in [-0.2, 0) is 31.0 Å². The van der Waals surface area contributed by atoms with Crippen LogP contribution in [-0.4, -0.2) is 44.8 Å². The van der Waals surface area contributed by atoms with E-state index in [1.54, 1.807) is 12.1 Å². The highest BCUT2D eigenvalue weighted by atomic mass is 32.2. The molecule has 0 aliphatic heterocycles. The average Bonchev–Trinajstić information content (AvgIpc) is 3.33. The summed E-state index contributed by atoms with van der Waals surface area (Å²) in [6.07, 6.45) is -0.450. The maximum absolute atomic E-state index is 13.0. The minimum atomic E-state index is -4.03. The van der Waals surface area contributed by atoms with Gasteiger partial charge >= 0.3 is 6.09 Å². The topological polar surface area (TPSA) is 144 Å². The van der Waals surface area contributed by atoms with Gasteiger partial charge in [0.05, 0.1) is 17.5 Å². The fraction of sp³-hybridized carbons (Fsp3) is 0.300. The summed E-state index contributed by atoms with van der Waals surface area (Å²) in [5, 5.41) is 6.56. The molecule has 3 N–H and O–H groups in total. The molecule has 2 atom stereocenters. The Labute approximate surface area is 238 Å². The molecule has 0 radical (unpaired) electrons. The molecule has 1 aromatic heterocycles. The summed E-state index contributed by atoms with van der Waals surface area (Å²) in [4.78, 5) is 38.0. The molecule has 11 heteroatoms. The standard InChI is InChI=1S/C30H33N3O7S/c1-19(2)15-25(33-30(36)39-18-21-9-5-4-6-10-21)29(35)32-20(3)26(34)17-31-41(37,38)22-13-14-28-24(16-22)23-11-7-8-12-27(23)40-28/h4-14,16,19-20,25,31H,15,17-18H2,1-3H3,(H,32,35)(H,33,36)/t20?,25-/m0/s1. The van der Waals surface area contributed by atoms with Crippen LogP contribution in [0.4, 0.5) is 4.79 Å². The third-order valence-corrected chi connectivity index (χ3v) is 7.86. The number of ether oxygens (including phenoxy) is 1. The van der Waals surface area contributed by atoms with Gasteiger partial charge in [-0.25, -0.2) is 17.9 Å². The predicted molar refractivity (Wildman–Crippen MR) is 155 cm³/mol. The number of hydrogen-bond donors (Lipinski definition) is 3. The molecule has 4 rings (SSSR count). The molecule has 3 aromatic carbocycles. The van der Waals surface area contributed by atoms with Crippen molar-refractivity contribution in [3.05, 3.63) is 78.4 Å². The highest BCUT2D eigenvalue weighted by Crippen LogP contribution is 2.30. The van der Waals surface area contributed by atoms with E-state index in [4.69, 9.17) is 9.15 Å². The number of rotatable bonds is 12. The van der Waals surface area contributed by atoms with E-state index in [2.05, 4.69) is 15.4 Å². The molecule has 0 saturated carbocycles. The number of amides is 2. The Balaban J connectivity index is 1.34. The molecule has 0 fully saturated rings. The van der Waals surface area contributed by atoms with Crippen LogP contribution in [0.5, 0.6) is 0 Å². The zero-order valence-electron chi connectivity index (χ0n) is 23.0. The highest BCUT2D eigenvalue weighted by Gasteiger charge is 2.27. The molecule has 1 heterocycles. The second kappa shape index (κ2) is 13.0. The summed E-state index contributed by atoms with van der Waals surface area (Å²) in [6, 6.07) is 18.9. The van der Waals surface area contributed by atoms with Gasteiger partial charge in [-0.1, -0.05) is 62.4 Å². The third kappa shape index (κ3) is 7.71. The molecule has 0 saturated heterocycles. The SMILES string of the molecule is CC(C)C[C@H](NC(=O)OCc1ccccc1)C(=O)NC(C)C(=O)CNS(=O)(=O)c1ccc2oc3ccccc3c2c1. The van der Waals surface area contributed by atoms with E-state index in [-0.39, 0.29) is 17.4 Å². The molecular weight excluding hydrogens is 546 g/mol. The maximum atomic E-state index is 13.0. The van der Waals surface area contributed by atoms with E-state index >= 15 is 0 Å². The van der Waals surface area contributed by atoms with Gasteiger partial charge in [-0.15, -0.1) is 0 Å². The molecule has 10 nitrogen and oxygen atoms in total. The van der Waals surface area contributed by atoms with Crippen molar-refractivity contribution < 1.29 is 32.0 Å². The van der Waals surface area contributed by atoms with Gasteiger partial charge in [-0.2, -0.15) is 0 Å². The number of para-hydroxylation sites is 1. The lowest BCUT2D eigenvalue weighted by atomic mass is 10.0. The zero-order valence-corrected chi connectivity index (χ0v) is 23.9. The predicted octanol–water partition coefficient (Wildman–Crippen LogP) is 4.28. The first-order valence-electron chi connectivity index (χ1n) is 13.2. The number of carbonyl (C=O) groups is 3. The monoisotopic (exact) mass is 579 g/mol. The summed E-state index contributed by atoms with van der Waals surface area (Å²) in [6.45, 7) is 4.75. The number of nitrogens with one attached hydrogen (secondary N) is 3. The van der Waals surface area contributed by atoms with Crippen LogP contribution in [0.2, 0.25) is 0 Å². The zero-order chi connectivity index (χ0) is 29.6. The molecule has 41 heavy (non-hydrogen) atoms. The molecule has 0 aliphatic rings. The van der Waals surface area contributed by atoms with Crippen LogP contribution in [0, 0.1) is 5.92 Å². The normalized spacial score (nSPS) is 13.2. The number of furan rings is 1. The lowest BCUT2D eigenvalue weighted by Gasteiger charge is -2.22. The largest absolute Gasteiger partial charge is 0.456 e.